The molecule has 1 aliphatic heterocycles. The third-order valence-electron chi connectivity index (χ3n) is 4.07. The number of benzene rings is 2. The molecule has 0 aliphatic carbocycles. The highest BCUT2D eigenvalue weighted by atomic mass is 32.2. The Balaban J connectivity index is 1.65. The number of Topliss-reactive ketones (excluding diaryl/α,β-unsaturated/α-hetero) is 1. The van der Waals surface area contributed by atoms with Crippen molar-refractivity contribution in [2.75, 3.05) is 5.75 Å². The fourth-order valence-electron chi connectivity index (χ4n) is 2.67. The number of rotatable bonds is 6. The van der Waals surface area contributed by atoms with Gasteiger partial charge in [-0.05, 0) is 31.0 Å². The van der Waals surface area contributed by atoms with Crippen LogP contribution >= 0.6 is 0 Å². The molecule has 0 amide bonds. The molecule has 3 nitrogen and oxygen atoms in total. The topological polar surface area (TPSA) is 37.4 Å². The van der Waals surface area contributed by atoms with Crippen LogP contribution in [-0.2, 0) is 22.1 Å². The lowest BCUT2D eigenvalue weighted by Crippen LogP contribution is -2.19. The van der Waals surface area contributed by atoms with E-state index in [1.165, 1.54) is 5.56 Å². The van der Waals surface area contributed by atoms with Crippen LogP contribution in [0.25, 0.3) is 0 Å². The number of hydrogen-bond donors (Lipinski definition) is 0. The van der Waals surface area contributed by atoms with Gasteiger partial charge in [0.1, 0.15) is 0 Å². The van der Waals surface area contributed by atoms with Crippen molar-refractivity contribution in [3.8, 4) is 0 Å². The zero-order chi connectivity index (χ0) is 17.6. The number of aryl methyl sites for hydroxylation is 1. The van der Waals surface area contributed by atoms with E-state index in [4.69, 9.17) is 0 Å². The van der Waals surface area contributed by atoms with Gasteiger partial charge in [-0.15, -0.1) is 0 Å². The Morgan fingerprint density at radius 2 is 1.80 bits per heavy atom. The molecule has 0 saturated carbocycles. The number of hydrogen-bond acceptors (Lipinski definition) is 3. The Hall–Kier alpha value is -2.46. The van der Waals surface area contributed by atoms with Crippen molar-refractivity contribution in [1.29, 1.82) is 0 Å². The van der Waals surface area contributed by atoms with Crippen molar-refractivity contribution in [2.45, 2.75) is 24.8 Å². The first-order chi connectivity index (χ1) is 12.1. The maximum Gasteiger partial charge on any atom is 0.173 e. The van der Waals surface area contributed by atoms with E-state index in [9.17, 15) is 9.00 Å². The van der Waals surface area contributed by atoms with Crippen molar-refractivity contribution in [1.82, 2.24) is 4.90 Å². The normalized spacial score (nSPS) is 14.9. The second-order valence-corrected chi connectivity index (χ2v) is 7.58. The van der Waals surface area contributed by atoms with Crippen LogP contribution in [0.3, 0.4) is 0 Å². The van der Waals surface area contributed by atoms with Crippen LogP contribution in [0.2, 0.25) is 0 Å². The second-order valence-electron chi connectivity index (χ2n) is 6.13. The van der Waals surface area contributed by atoms with E-state index in [2.05, 4.69) is 12.1 Å². The molecule has 4 heteroatoms. The van der Waals surface area contributed by atoms with Gasteiger partial charge in [0.2, 0.25) is 0 Å². The highest BCUT2D eigenvalue weighted by Crippen LogP contribution is 2.17. The Labute approximate surface area is 151 Å². The number of nitrogens with zero attached hydrogens (tertiary/aromatic N) is 1. The highest BCUT2D eigenvalue weighted by Gasteiger charge is 2.17. The maximum atomic E-state index is 12.5. The third kappa shape index (κ3) is 4.77. The predicted molar refractivity (Wildman–Crippen MR) is 101 cm³/mol. The lowest BCUT2D eigenvalue weighted by molar-refractivity contribution is -0.113. The predicted octanol–water partition coefficient (Wildman–Crippen LogP) is 3.98. The van der Waals surface area contributed by atoms with Gasteiger partial charge in [-0.1, -0.05) is 54.1 Å². The second kappa shape index (κ2) is 8.08. The monoisotopic (exact) mass is 351 g/mol. The molecule has 1 heterocycles. The van der Waals surface area contributed by atoms with Crippen LogP contribution < -0.4 is 0 Å². The van der Waals surface area contributed by atoms with E-state index in [0.717, 1.165) is 12.1 Å². The first-order valence-corrected chi connectivity index (χ1v) is 9.59. The molecule has 0 radical (unpaired) electrons. The average molecular weight is 351 g/mol. The summed E-state index contributed by atoms with van der Waals surface area (Å²) in [6, 6.07) is 17.6. The molecule has 128 valence electrons. The Kier molecular flexibility index (Phi) is 5.61. The van der Waals surface area contributed by atoms with E-state index in [0.29, 0.717) is 16.9 Å². The quantitative estimate of drug-likeness (QED) is 0.790. The van der Waals surface area contributed by atoms with E-state index in [1.807, 2.05) is 72.8 Å². The Bertz CT molecular complexity index is 823. The molecule has 0 N–H and O–H groups in total. The molecule has 25 heavy (non-hydrogen) atoms. The number of carbonyl (C=O) groups excluding carboxylic acids is 1. The van der Waals surface area contributed by atoms with Gasteiger partial charge in [0.05, 0.1) is 16.6 Å². The van der Waals surface area contributed by atoms with Gasteiger partial charge in [0.25, 0.3) is 0 Å². The molecule has 0 bridgehead atoms. The van der Waals surface area contributed by atoms with Gasteiger partial charge in [-0.2, -0.15) is 0 Å². The van der Waals surface area contributed by atoms with Gasteiger partial charge < -0.3 is 4.90 Å². The van der Waals surface area contributed by atoms with E-state index < -0.39 is 10.8 Å². The largest absolute Gasteiger partial charge is 0.350 e. The smallest absolute Gasteiger partial charge is 0.173 e. The SMILES string of the molecule is Cc1ccc(S(=O)CC(=O)C2=CN(Cc3ccccc3)C=CC2)cc1. The van der Waals surface area contributed by atoms with Crippen molar-refractivity contribution in [3.63, 3.8) is 0 Å². The van der Waals surface area contributed by atoms with E-state index in [1.54, 1.807) is 0 Å². The average Bonchev–Trinajstić information content (AvgIpc) is 2.63. The Morgan fingerprint density at radius 1 is 1.08 bits per heavy atom. The van der Waals surface area contributed by atoms with Gasteiger partial charge in [0.15, 0.2) is 5.78 Å². The minimum Gasteiger partial charge on any atom is -0.350 e. The molecule has 1 unspecified atom stereocenters. The number of ketones is 1. The van der Waals surface area contributed by atoms with Crippen LogP contribution in [0.15, 0.2) is 83.5 Å². The summed E-state index contributed by atoms with van der Waals surface area (Å²) in [5.74, 6) is -0.0247. The van der Waals surface area contributed by atoms with Gasteiger partial charge >= 0.3 is 0 Å². The molecular weight excluding hydrogens is 330 g/mol. The summed E-state index contributed by atoms with van der Waals surface area (Å²) in [5, 5.41) is 0. The summed E-state index contributed by atoms with van der Waals surface area (Å²) in [6.07, 6.45) is 6.43. The lowest BCUT2D eigenvalue weighted by Gasteiger charge is -2.21. The molecule has 1 aliphatic rings. The zero-order valence-corrected chi connectivity index (χ0v) is 15.0. The molecule has 0 spiro atoms. The summed E-state index contributed by atoms with van der Waals surface area (Å²) in [5.41, 5.74) is 3.00. The lowest BCUT2D eigenvalue weighted by atomic mass is 10.1. The zero-order valence-electron chi connectivity index (χ0n) is 14.2. The summed E-state index contributed by atoms with van der Waals surface area (Å²) < 4.78 is 12.4. The van der Waals surface area contributed by atoms with Crippen molar-refractivity contribution < 1.29 is 9.00 Å². The first kappa shape index (κ1) is 17.4. The minimum absolute atomic E-state index is 0.0297. The summed E-state index contributed by atoms with van der Waals surface area (Å²) in [7, 11) is -1.31. The van der Waals surface area contributed by atoms with Crippen molar-refractivity contribution in [3.05, 3.63) is 89.8 Å². The molecule has 1 atom stereocenters. The highest BCUT2D eigenvalue weighted by molar-refractivity contribution is 7.85. The fraction of sp³-hybridized carbons (Fsp3) is 0.190. The first-order valence-electron chi connectivity index (χ1n) is 8.27. The Morgan fingerprint density at radius 3 is 2.52 bits per heavy atom. The summed E-state index contributed by atoms with van der Waals surface area (Å²) in [4.78, 5) is 15.2. The molecule has 2 aromatic rings. The maximum absolute atomic E-state index is 12.5. The summed E-state index contributed by atoms with van der Waals surface area (Å²) >= 11 is 0. The van der Waals surface area contributed by atoms with Gasteiger partial charge in [0, 0.05) is 29.4 Å². The van der Waals surface area contributed by atoms with Crippen LogP contribution in [-0.4, -0.2) is 20.6 Å². The number of allylic oxidation sites excluding steroid dienone is 2. The molecule has 2 aromatic carbocycles. The minimum atomic E-state index is -1.31. The standard InChI is InChI=1S/C21H21NO2S/c1-17-9-11-20(12-10-17)25(24)16-21(23)19-8-5-13-22(15-19)14-18-6-3-2-4-7-18/h2-7,9-13,15H,8,14,16H2,1H3. The van der Waals surface area contributed by atoms with Crippen LogP contribution in [0.1, 0.15) is 17.5 Å². The molecule has 0 fully saturated rings. The number of carbonyl (C=O) groups is 1. The fourth-order valence-corrected chi connectivity index (χ4v) is 3.70. The van der Waals surface area contributed by atoms with Crippen LogP contribution in [0.5, 0.6) is 0 Å². The molecule has 0 saturated heterocycles. The van der Waals surface area contributed by atoms with Crippen molar-refractivity contribution in [2.24, 2.45) is 0 Å². The van der Waals surface area contributed by atoms with Gasteiger partial charge in [-0.25, -0.2) is 0 Å². The summed E-state index contributed by atoms with van der Waals surface area (Å²) in [6.45, 7) is 2.70. The van der Waals surface area contributed by atoms with Gasteiger partial charge in [-0.3, -0.25) is 9.00 Å². The molecule has 0 aromatic heterocycles. The van der Waals surface area contributed by atoms with Crippen molar-refractivity contribution >= 4 is 16.6 Å². The third-order valence-corrected chi connectivity index (χ3v) is 5.39. The van der Waals surface area contributed by atoms with Crippen LogP contribution in [0.4, 0.5) is 0 Å². The van der Waals surface area contributed by atoms with E-state index in [-0.39, 0.29) is 11.5 Å². The van der Waals surface area contributed by atoms with Crippen LogP contribution in [0, 0.1) is 6.92 Å². The van der Waals surface area contributed by atoms with E-state index >= 15 is 0 Å². The molecular formula is C21H21NO2S. The molecule has 3 rings (SSSR count).